The van der Waals surface area contributed by atoms with Crippen molar-refractivity contribution in [1.29, 1.82) is 0 Å². The zero-order valence-electron chi connectivity index (χ0n) is 17.6. The molecule has 4 heterocycles. The Hall–Kier alpha value is -3.58. The lowest BCUT2D eigenvalue weighted by Crippen LogP contribution is -2.26. The van der Waals surface area contributed by atoms with E-state index in [1.54, 1.807) is 10.9 Å². The molecule has 1 aliphatic rings. The Morgan fingerprint density at radius 3 is 2.53 bits per heavy atom. The van der Waals surface area contributed by atoms with Crippen molar-refractivity contribution in [1.82, 2.24) is 24.1 Å². The number of aryl methyl sites for hydroxylation is 2. The van der Waals surface area contributed by atoms with Gasteiger partial charge in [-0.1, -0.05) is 42.5 Å². The molecule has 2 aromatic carbocycles. The third-order valence-corrected chi connectivity index (χ3v) is 6.21. The zero-order chi connectivity index (χ0) is 21.5. The second-order valence-electron chi connectivity index (χ2n) is 8.31. The van der Waals surface area contributed by atoms with Crippen LogP contribution >= 0.6 is 0 Å². The Morgan fingerprint density at radius 2 is 1.75 bits per heavy atom. The number of hydrogen-bond acceptors (Lipinski definition) is 5. The highest BCUT2D eigenvalue weighted by Crippen LogP contribution is 2.25. The van der Waals surface area contributed by atoms with Gasteiger partial charge in [-0.3, -0.25) is 9.36 Å². The average Bonchev–Trinajstić information content (AvgIpc) is 3.45. The molecule has 32 heavy (non-hydrogen) atoms. The van der Waals surface area contributed by atoms with Crippen LogP contribution in [0.25, 0.3) is 33.2 Å². The molecule has 0 spiro atoms. The van der Waals surface area contributed by atoms with Crippen molar-refractivity contribution in [3.05, 3.63) is 76.8 Å². The Balaban J connectivity index is 1.54. The van der Waals surface area contributed by atoms with Crippen LogP contribution in [0.1, 0.15) is 18.4 Å². The van der Waals surface area contributed by atoms with E-state index in [4.69, 9.17) is 19.7 Å². The maximum atomic E-state index is 13.5. The highest BCUT2D eigenvalue weighted by atomic mass is 16.5. The number of para-hydroxylation sites is 2. The van der Waals surface area contributed by atoms with Gasteiger partial charge >= 0.3 is 0 Å². The topological polar surface area (TPSA) is 74.8 Å². The summed E-state index contributed by atoms with van der Waals surface area (Å²) >= 11 is 0. The summed E-state index contributed by atoms with van der Waals surface area (Å²) in [6, 6.07) is 18.1. The number of nitrogens with zero attached hydrogens (tertiary/aromatic N) is 5. The lowest BCUT2D eigenvalue weighted by atomic mass is 10.1. The molecule has 6 rings (SSSR count). The van der Waals surface area contributed by atoms with Crippen molar-refractivity contribution in [2.75, 3.05) is 6.61 Å². The SMILES string of the molecule is O=c1c2c3nc4ccccc4nc3n(CCc3ccccc3)c2ncn1C[C@@H]1CCCO1. The third-order valence-electron chi connectivity index (χ3n) is 6.21. The van der Waals surface area contributed by atoms with Crippen LogP contribution in [0, 0.1) is 0 Å². The number of aromatic nitrogens is 5. The van der Waals surface area contributed by atoms with E-state index < -0.39 is 0 Å². The molecule has 0 radical (unpaired) electrons. The van der Waals surface area contributed by atoms with Gasteiger partial charge in [0, 0.05) is 13.2 Å². The quantitative estimate of drug-likeness (QED) is 0.429. The summed E-state index contributed by atoms with van der Waals surface area (Å²) in [5.41, 5.74) is 4.68. The van der Waals surface area contributed by atoms with Gasteiger partial charge in [-0.15, -0.1) is 0 Å². The second kappa shape index (κ2) is 7.84. The Kier molecular flexibility index (Phi) is 4.69. The molecule has 1 aliphatic heterocycles. The standard InChI is InChI=1S/C25H23N5O2/c31-25-21-22-24(28-20-11-5-4-10-19(20)27-22)30(13-12-17-7-2-1-3-8-17)23(21)26-16-29(25)15-18-9-6-14-32-18/h1-5,7-8,10-11,16,18H,6,9,12-15H2/t18-/m0/s1. The fraction of sp³-hybridized carbons (Fsp3) is 0.280. The monoisotopic (exact) mass is 425 g/mol. The predicted octanol–water partition coefficient (Wildman–Crippen LogP) is 3.72. The lowest BCUT2D eigenvalue weighted by Gasteiger charge is -2.11. The molecule has 0 saturated carbocycles. The van der Waals surface area contributed by atoms with E-state index in [2.05, 4.69) is 12.1 Å². The van der Waals surface area contributed by atoms with Crippen LogP contribution < -0.4 is 5.56 Å². The van der Waals surface area contributed by atoms with Gasteiger partial charge in [0.1, 0.15) is 10.9 Å². The second-order valence-corrected chi connectivity index (χ2v) is 8.31. The highest BCUT2D eigenvalue weighted by molar-refractivity contribution is 6.04. The van der Waals surface area contributed by atoms with Gasteiger partial charge in [-0.2, -0.15) is 0 Å². The molecule has 1 fully saturated rings. The first-order chi connectivity index (χ1) is 15.8. The first-order valence-corrected chi connectivity index (χ1v) is 11.1. The van der Waals surface area contributed by atoms with Gasteiger partial charge in [0.2, 0.25) is 0 Å². The lowest BCUT2D eigenvalue weighted by molar-refractivity contribution is 0.0960. The molecule has 0 unspecified atom stereocenters. The average molecular weight is 425 g/mol. The van der Waals surface area contributed by atoms with Gasteiger partial charge in [0.25, 0.3) is 5.56 Å². The molecule has 1 saturated heterocycles. The maximum absolute atomic E-state index is 13.5. The molecule has 7 nitrogen and oxygen atoms in total. The molecule has 5 aromatic rings. The molecule has 3 aromatic heterocycles. The smallest absolute Gasteiger partial charge is 0.265 e. The van der Waals surface area contributed by atoms with E-state index >= 15 is 0 Å². The van der Waals surface area contributed by atoms with Gasteiger partial charge in [0.05, 0.1) is 30.0 Å². The van der Waals surface area contributed by atoms with E-state index in [9.17, 15) is 4.79 Å². The van der Waals surface area contributed by atoms with E-state index in [0.29, 0.717) is 35.3 Å². The first-order valence-electron chi connectivity index (χ1n) is 11.1. The summed E-state index contributed by atoms with van der Waals surface area (Å²) in [4.78, 5) is 28.0. The third kappa shape index (κ3) is 3.26. The Bertz CT molecular complexity index is 1480. The van der Waals surface area contributed by atoms with Crippen LogP contribution in [0.15, 0.2) is 65.7 Å². The van der Waals surface area contributed by atoms with Gasteiger partial charge in [0.15, 0.2) is 11.3 Å². The number of hydrogen-bond donors (Lipinski definition) is 0. The van der Waals surface area contributed by atoms with Crippen LogP contribution in [-0.4, -0.2) is 36.8 Å². The summed E-state index contributed by atoms with van der Waals surface area (Å²) in [7, 11) is 0. The minimum absolute atomic E-state index is 0.0605. The fourth-order valence-corrected chi connectivity index (χ4v) is 4.57. The highest BCUT2D eigenvalue weighted by Gasteiger charge is 2.22. The largest absolute Gasteiger partial charge is 0.376 e. The van der Waals surface area contributed by atoms with Gasteiger partial charge in [-0.25, -0.2) is 15.0 Å². The molecular weight excluding hydrogens is 402 g/mol. The predicted molar refractivity (Wildman–Crippen MR) is 124 cm³/mol. The van der Waals surface area contributed by atoms with E-state index in [1.807, 2.05) is 47.0 Å². The van der Waals surface area contributed by atoms with Crippen LogP contribution in [0.2, 0.25) is 0 Å². The summed E-state index contributed by atoms with van der Waals surface area (Å²) in [5.74, 6) is 0. The first kappa shape index (κ1) is 19.1. The maximum Gasteiger partial charge on any atom is 0.265 e. The molecule has 7 heteroatoms. The summed E-state index contributed by atoms with van der Waals surface area (Å²) < 4.78 is 9.44. The number of benzene rings is 2. The van der Waals surface area contributed by atoms with Crippen molar-refractivity contribution < 1.29 is 4.74 Å². The minimum atomic E-state index is -0.0847. The van der Waals surface area contributed by atoms with Crippen molar-refractivity contribution >= 4 is 33.2 Å². The van der Waals surface area contributed by atoms with Crippen LogP contribution in [0.4, 0.5) is 0 Å². The van der Waals surface area contributed by atoms with E-state index in [0.717, 1.165) is 36.9 Å². The summed E-state index contributed by atoms with van der Waals surface area (Å²) in [6.07, 6.45) is 4.52. The molecular formula is C25H23N5O2. The van der Waals surface area contributed by atoms with Gasteiger partial charge in [-0.05, 0) is 37.0 Å². The van der Waals surface area contributed by atoms with Crippen molar-refractivity contribution in [3.8, 4) is 0 Å². The molecule has 160 valence electrons. The van der Waals surface area contributed by atoms with Crippen molar-refractivity contribution in [3.63, 3.8) is 0 Å². The van der Waals surface area contributed by atoms with Crippen LogP contribution in [-0.2, 0) is 24.2 Å². The number of fused-ring (bicyclic) bond motifs is 4. The number of ether oxygens (including phenoxy) is 1. The minimum Gasteiger partial charge on any atom is -0.376 e. The Labute approximate surface area is 184 Å². The summed E-state index contributed by atoms with van der Waals surface area (Å²) in [5, 5.41) is 0.534. The molecule has 0 aliphatic carbocycles. The molecule has 0 amide bonds. The molecule has 1 atom stereocenters. The van der Waals surface area contributed by atoms with E-state index in [-0.39, 0.29) is 11.7 Å². The van der Waals surface area contributed by atoms with Crippen LogP contribution in [0.5, 0.6) is 0 Å². The van der Waals surface area contributed by atoms with Crippen LogP contribution in [0.3, 0.4) is 0 Å². The molecule has 0 bridgehead atoms. The van der Waals surface area contributed by atoms with Crippen molar-refractivity contribution in [2.24, 2.45) is 0 Å². The number of rotatable bonds is 5. The van der Waals surface area contributed by atoms with E-state index in [1.165, 1.54) is 5.56 Å². The summed E-state index contributed by atoms with van der Waals surface area (Å²) in [6.45, 7) is 1.93. The Morgan fingerprint density at radius 1 is 0.969 bits per heavy atom. The van der Waals surface area contributed by atoms with Gasteiger partial charge < -0.3 is 9.30 Å². The zero-order valence-corrected chi connectivity index (χ0v) is 17.6. The fourth-order valence-electron chi connectivity index (χ4n) is 4.57. The normalized spacial score (nSPS) is 16.4. The molecule has 0 N–H and O–H groups in total. The van der Waals surface area contributed by atoms with Crippen molar-refractivity contribution in [2.45, 2.75) is 38.5 Å².